The highest BCUT2D eigenvalue weighted by molar-refractivity contribution is 5.83. The highest BCUT2D eigenvalue weighted by Gasteiger charge is 2.36. The lowest BCUT2D eigenvalue weighted by atomic mass is 10.1. The molecule has 0 unspecified atom stereocenters. The number of rotatable bonds is 7. The zero-order chi connectivity index (χ0) is 29.1. The van der Waals surface area contributed by atoms with Crippen LogP contribution in [0.3, 0.4) is 0 Å². The van der Waals surface area contributed by atoms with Crippen molar-refractivity contribution in [2.45, 2.75) is 56.8 Å². The van der Waals surface area contributed by atoms with Crippen LogP contribution in [0.4, 0.5) is 0 Å². The van der Waals surface area contributed by atoms with Gasteiger partial charge in [0.15, 0.2) is 0 Å². The maximum absolute atomic E-state index is 13.0. The Morgan fingerprint density at radius 2 is 1.52 bits per heavy atom. The monoisotopic (exact) mass is 563 g/mol. The molecule has 2 saturated heterocycles. The molecule has 2 aromatic heterocycles. The Hall–Kier alpha value is -4.23. The number of nitrogens with two attached hydrogens (primary N) is 1. The molecular weight excluding hydrogens is 526 g/mol. The predicted molar refractivity (Wildman–Crippen MR) is 162 cm³/mol. The van der Waals surface area contributed by atoms with E-state index in [4.69, 9.17) is 10.5 Å². The Morgan fingerprint density at radius 3 is 2.10 bits per heavy atom. The van der Waals surface area contributed by atoms with Crippen LogP contribution in [0.5, 0.6) is 0 Å². The van der Waals surface area contributed by atoms with Crippen molar-refractivity contribution in [2.24, 2.45) is 5.73 Å². The Bertz CT molecular complexity index is 1570. The van der Waals surface area contributed by atoms with Crippen LogP contribution in [0, 0.1) is 11.8 Å². The lowest BCUT2D eigenvalue weighted by Gasteiger charge is -2.28. The number of hydrogen-bond acceptors (Lipinski definition) is 6. The minimum Gasteiger partial charge on any atom is -0.380 e. The topological polar surface area (TPSA) is 125 Å². The van der Waals surface area contributed by atoms with Crippen molar-refractivity contribution in [3.63, 3.8) is 0 Å². The minimum absolute atomic E-state index is 0.102. The standard InChI is InChI=1S/C33H37N7O2/c1-21(42-2)30(34)33(41)40-18-4-6-29(40)32-37-20-28(39-32)25-15-11-23(12-16-25)8-7-22-9-13-24(14-10-22)27-19-36-31(38-27)26-5-3-17-35-26/h9-16,19-21,26,29-30,35H,3-6,17-18,34H2,1-2H3,(H,36,38)(H,37,39)/t21-,26-,29-,30+/m0/s1. The van der Waals surface area contributed by atoms with Crippen molar-refractivity contribution in [1.82, 2.24) is 30.2 Å². The Morgan fingerprint density at radius 1 is 0.929 bits per heavy atom. The number of nitrogens with zero attached hydrogens (tertiary/aromatic N) is 3. The van der Waals surface area contributed by atoms with Crippen LogP contribution in [-0.2, 0) is 9.53 Å². The third kappa shape index (κ3) is 5.88. The summed E-state index contributed by atoms with van der Waals surface area (Å²) < 4.78 is 5.27. The van der Waals surface area contributed by atoms with Crippen molar-refractivity contribution >= 4 is 5.91 Å². The summed E-state index contributed by atoms with van der Waals surface area (Å²) in [6, 6.07) is 15.8. The summed E-state index contributed by atoms with van der Waals surface area (Å²) in [5.74, 6) is 8.21. The van der Waals surface area contributed by atoms with Gasteiger partial charge in [-0.15, -0.1) is 0 Å². The Labute approximate surface area is 246 Å². The number of H-pyrrole nitrogens is 2. The molecule has 216 valence electrons. The van der Waals surface area contributed by atoms with E-state index in [0.29, 0.717) is 12.6 Å². The molecule has 1 amide bonds. The van der Waals surface area contributed by atoms with Crippen molar-refractivity contribution < 1.29 is 9.53 Å². The number of hydrogen-bond donors (Lipinski definition) is 4. The number of nitrogens with one attached hydrogen (secondary N) is 3. The van der Waals surface area contributed by atoms with E-state index in [-0.39, 0.29) is 18.1 Å². The fraction of sp³-hybridized carbons (Fsp3) is 0.364. The molecule has 0 bridgehead atoms. The molecule has 42 heavy (non-hydrogen) atoms. The van der Waals surface area contributed by atoms with Gasteiger partial charge in [0.05, 0.1) is 42.0 Å². The molecule has 6 rings (SSSR count). The first kappa shape index (κ1) is 27.9. The summed E-state index contributed by atoms with van der Waals surface area (Å²) in [6.07, 6.45) is 7.46. The summed E-state index contributed by atoms with van der Waals surface area (Å²) >= 11 is 0. The Balaban J connectivity index is 1.09. The van der Waals surface area contributed by atoms with Crippen LogP contribution in [0.15, 0.2) is 60.9 Å². The van der Waals surface area contributed by atoms with Gasteiger partial charge in [-0.2, -0.15) is 0 Å². The predicted octanol–water partition coefficient (Wildman–Crippen LogP) is 4.32. The van der Waals surface area contributed by atoms with E-state index in [2.05, 4.69) is 49.2 Å². The lowest BCUT2D eigenvalue weighted by molar-refractivity contribution is -0.136. The largest absolute Gasteiger partial charge is 0.380 e. The number of ether oxygens (including phenoxy) is 1. The molecule has 0 radical (unpaired) electrons. The van der Waals surface area contributed by atoms with Crippen LogP contribution < -0.4 is 11.1 Å². The van der Waals surface area contributed by atoms with Crippen molar-refractivity contribution in [2.75, 3.05) is 20.2 Å². The molecule has 0 aliphatic carbocycles. The van der Waals surface area contributed by atoms with Crippen LogP contribution >= 0.6 is 0 Å². The van der Waals surface area contributed by atoms with Gasteiger partial charge >= 0.3 is 0 Å². The van der Waals surface area contributed by atoms with E-state index in [1.54, 1.807) is 7.11 Å². The number of carbonyl (C=O) groups excluding carboxylic acids is 1. The maximum atomic E-state index is 13.0. The van der Waals surface area contributed by atoms with E-state index in [0.717, 1.165) is 71.1 Å². The number of carbonyl (C=O) groups is 1. The van der Waals surface area contributed by atoms with Crippen LogP contribution in [0.1, 0.15) is 67.5 Å². The normalized spacial score (nSPS) is 19.8. The molecular formula is C33H37N7O2. The van der Waals surface area contributed by atoms with E-state index in [1.807, 2.05) is 60.6 Å². The van der Waals surface area contributed by atoms with Gasteiger partial charge in [0.2, 0.25) is 5.91 Å². The third-order valence-corrected chi connectivity index (χ3v) is 8.34. The molecule has 2 aliphatic rings. The van der Waals surface area contributed by atoms with Crippen LogP contribution in [0.2, 0.25) is 0 Å². The molecule has 2 fully saturated rings. The van der Waals surface area contributed by atoms with Gasteiger partial charge in [0.1, 0.15) is 17.7 Å². The zero-order valence-corrected chi connectivity index (χ0v) is 24.1. The number of aromatic amines is 2. The first-order valence-electron chi connectivity index (χ1n) is 14.6. The summed E-state index contributed by atoms with van der Waals surface area (Å²) in [6.45, 7) is 3.53. The van der Waals surface area contributed by atoms with E-state index >= 15 is 0 Å². The number of likely N-dealkylation sites (tertiary alicyclic amines) is 1. The van der Waals surface area contributed by atoms with Gasteiger partial charge in [-0.25, -0.2) is 9.97 Å². The third-order valence-electron chi connectivity index (χ3n) is 8.34. The quantitative estimate of drug-likeness (QED) is 0.248. The number of methoxy groups -OCH3 is 1. The second kappa shape index (κ2) is 12.3. The van der Waals surface area contributed by atoms with Crippen molar-refractivity contribution in [3.8, 4) is 34.4 Å². The van der Waals surface area contributed by atoms with Gasteiger partial charge < -0.3 is 30.7 Å². The molecule has 9 heteroatoms. The smallest absolute Gasteiger partial charge is 0.242 e. The van der Waals surface area contributed by atoms with Gasteiger partial charge in [-0.05, 0) is 74.5 Å². The number of imidazole rings is 2. The lowest BCUT2D eigenvalue weighted by Crippen LogP contribution is -2.49. The first-order valence-corrected chi connectivity index (χ1v) is 14.6. The highest BCUT2D eigenvalue weighted by atomic mass is 16.5. The summed E-state index contributed by atoms with van der Waals surface area (Å²) in [5.41, 5.74) is 12.1. The molecule has 4 heterocycles. The maximum Gasteiger partial charge on any atom is 0.242 e. The minimum atomic E-state index is -0.694. The number of aromatic nitrogens is 4. The molecule has 9 nitrogen and oxygen atoms in total. The molecule has 2 aliphatic heterocycles. The SMILES string of the molecule is CO[C@@H](C)[C@@H](N)C(=O)N1CCC[C@H]1c1ncc(-c2ccc(C#Cc3ccc(-c4cnc([C@@H]5CCCN5)[nH]4)cc3)cc2)[nH]1. The van der Waals surface area contributed by atoms with Crippen LogP contribution in [0.25, 0.3) is 22.5 Å². The highest BCUT2D eigenvalue weighted by Crippen LogP contribution is 2.32. The van der Waals surface area contributed by atoms with Crippen LogP contribution in [-0.4, -0.2) is 63.1 Å². The van der Waals surface area contributed by atoms with E-state index < -0.39 is 6.04 Å². The number of amides is 1. The van der Waals surface area contributed by atoms with Gasteiger partial charge in [-0.1, -0.05) is 36.1 Å². The average molecular weight is 564 g/mol. The Kier molecular flexibility index (Phi) is 8.20. The second-order valence-electron chi connectivity index (χ2n) is 11.1. The van der Waals surface area contributed by atoms with E-state index in [1.165, 1.54) is 6.42 Å². The van der Waals surface area contributed by atoms with Gasteiger partial charge in [0, 0.05) is 24.8 Å². The molecule has 4 aromatic rings. The molecule has 0 saturated carbocycles. The summed E-state index contributed by atoms with van der Waals surface area (Å²) in [5, 5.41) is 3.48. The summed E-state index contributed by atoms with van der Waals surface area (Å²) in [4.78, 5) is 30.9. The fourth-order valence-corrected chi connectivity index (χ4v) is 5.70. The first-order chi connectivity index (χ1) is 20.5. The van der Waals surface area contributed by atoms with Crippen molar-refractivity contribution in [1.29, 1.82) is 0 Å². The number of benzene rings is 2. The molecule has 4 atom stereocenters. The van der Waals surface area contributed by atoms with Crippen molar-refractivity contribution in [3.05, 3.63) is 83.7 Å². The van der Waals surface area contributed by atoms with Gasteiger partial charge in [0.25, 0.3) is 0 Å². The molecule has 2 aromatic carbocycles. The molecule has 5 N–H and O–H groups in total. The zero-order valence-electron chi connectivity index (χ0n) is 24.1. The second-order valence-corrected chi connectivity index (χ2v) is 11.1. The fourth-order valence-electron chi connectivity index (χ4n) is 5.70. The van der Waals surface area contributed by atoms with E-state index in [9.17, 15) is 4.79 Å². The van der Waals surface area contributed by atoms with Gasteiger partial charge in [-0.3, -0.25) is 4.79 Å². The molecule has 0 spiro atoms. The summed E-state index contributed by atoms with van der Waals surface area (Å²) in [7, 11) is 1.57. The average Bonchev–Trinajstić information content (AvgIpc) is 3.86.